The molecule has 0 heterocycles. The minimum Gasteiger partial charge on any atom is -0.497 e. The molecule has 0 bridgehead atoms. The van der Waals surface area contributed by atoms with Gasteiger partial charge in [0.25, 0.3) is 0 Å². The molecule has 134 valence electrons. The van der Waals surface area contributed by atoms with Gasteiger partial charge in [0.15, 0.2) is 0 Å². The van der Waals surface area contributed by atoms with Crippen LogP contribution in [0.15, 0.2) is 48.5 Å². The molecule has 0 fully saturated rings. The monoisotopic (exact) mass is 346 g/mol. The van der Waals surface area contributed by atoms with Crippen LogP contribution in [-0.4, -0.2) is 14.2 Å². The van der Waals surface area contributed by atoms with Gasteiger partial charge in [0, 0.05) is 12.8 Å². The normalized spacial score (nSPS) is 12.0. The molecule has 2 aromatic carbocycles. The molecular weight excluding hydrogens is 320 g/mol. The van der Waals surface area contributed by atoms with Gasteiger partial charge in [0.2, 0.25) is 0 Å². The summed E-state index contributed by atoms with van der Waals surface area (Å²) in [5.41, 5.74) is 2.30. The van der Waals surface area contributed by atoms with Crippen molar-refractivity contribution in [2.75, 3.05) is 14.2 Å². The van der Waals surface area contributed by atoms with Crippen LogP contribution in [-0.2, 0) is 0 Å². The fraction of sp³-hybridized carbons (Fsp3) is 0.333. The molecule has 0 amide bonds. The largest absolute Gasteiger partial charge is 0.497 e. The number of methoxy groups -OCH3 is 2. The van der Waals surface area contributed by atoms with Gasteiger partial charge in [-0.2, -0.15) is 0 Å². The summed E-state index contributed by atoms with van der Waals surface area (Å²) in [6.07, 6.45) is 1.65. The number of rotatable bonds is 5. The van der Waals surface area contributed by atoms with Crippen LogP contribution in [0.1, 0.15) is 49.7 Å². The van der Waals surface area contributed by atoms with Crippen molar-refractivity contribution >= 4 is 0 Å². The molecular formula is C24H26O2. The van der Waals surface area contributed by atoms with Crippen LogP contribution in [0.4, 0.5) is 0 Å². The standard InChI is InChI=1S/C24H26O2/c1-5-7-9-23(19-11-15-21(25-3)16-12-19)24(10-8-6-2)20-13-17-22(26-4)18-14-20/h11-18,23-24H,5-6H2,1-4H3/t23-,24-/m1/s1. The molecule has 0 aliphatic heterocycles. The average molecular weight is 346 g/mol. The van der Waals surface area contributed by atoms with Gasteiger partial charge in [-0.05, 0) is 35.4 Å². The molecule has 2 atom stereocenters. The molecule has 0 radical (unpaired) electrons. The summed E-state index contributed by atoms with van der Waals surface area (Å²) < 4.78 is 10.6. The van der Waals surface area contributed by atoms with Gasteiger partial charge in [-0.3, -0.25) is 0 Å². The summed E-state index contributed by atoms with van der Waals surface area (Å²) in [5.74, 6) is 15.1. The first-order valence-corrected chi connectivity index (χ1v) is 8.98. The molecule has 2 aromatic rings. The summed E-state index contributed by atoms with van der Waals surface area (Å²) >= 11 is 0. The molecule has 0 aromatic heterocycles. The lowest BCUT2D eigenvalue weighted by Gasteiger charge is -2.20. The number of hydrogen-bond donors (Lipinski definition) is 0. The van der Waals surface area contributed by atoms with E-state index in [-0.39, 0.29) is 11.8 Å². The van der Waals surface area contributed by atoms with Crippen molar-refractivity contribution in [2.45, 2.75) is 38.5 Å². The lowest BCUT2D eigenvalue weighted by molar-refractivity contribution is 0.414. The molecule has 0 aliphatic rings. The fourth-order valence-electron chi connectivity index (χ4n) is 2.76. The van der Waals surface area contributed by atoms with Crippen molar-refractivity contribution in [1.29, 1.82) is 0 Å². The zero-order valence-electron chi connectivity index (χ0n) is 16.0. The smallest absolute Gasteiger partial charge is 0.118 e. The third-order valence-electron chi connectivity index (χ3n) is 4.15. The van der Waals surface area contributed by atoms with Crippen molar-refractivity contribution in [1.82, 2.24) is 0 Å². The Bertz CT molecular complexity index is 724. The number of hydrogen-bond acceptors (Lipinski definition) is 2. The Kier molecular flexibility index (Phi) is 7.66. The van der Waals surface area contributed by atoms with E-state index in [2.05, 4.69) is 61.8 Å². The molecule has 26 heavy (non-hydrogen) atoms. The summed E-state index contributed by atoms with van der Waals surface area (Å²) in [4.78, 5) is 0. The average Bonchev–Trinajstić information content (AvgIpc) is 2.71. The predicted molar refractivity (Wildman–Crippen MR) is 108 cm³/mol. The molecule has 0 saturated heterocycles. The lowest BCUT2D eigenvalue weighted by Crippen LogP contribution is -2.09. The predicted octanol–water partition coefficient (Wildman–Crippen LogP) is 5.40. The van der Waals surface area contributed by atoms with E-state index in [9.17, 15) is 0 Å². The van der Waals surface area contributed by atoms with Gasteiger partial charge in [0.1, 0.15) is 11.5 Å². The highest BCUT2D eigenvalue weighted by molar-refractivity contribution is 5.43. The summed E-state index contributed by atoms with van der Waals surface area (Å²) in [6.45, 7) is 4.14. The van der Waals surface area contributed by atoms with Crippen molar-refractivity contribution in [3.05, 3.63) is 59.7 Å². The van der Waals surface area contributed by atoms with E-state index < -0.39 is 0 Å². The number of benzene rings is 2. The second kappa shape index (κ2) is 10.2. The Labute approximate surface area is 157 Å². The van der Waals surface area contributed by atoms with Crippen LogP contribution in [0.25, 0.3) is 0 Å². The van der Waals surface area contributed by atoms with Crippen LogP contribution >= 0.6 is 0 Å². The molecule has 2 rings (SSSR count). The summed E-state index contributed by atoms with van der Waals surface area (Å²) in [5, 5.41) is 0. The van der Waals surface area contributed by atoms with Gasteiger partial charge < -0.3 is 9.47 Å². The van der Waals surface area contributed by atoms with E-state index >= 15 is 0 Å². The first kappa shape index (κ1) is 19.5. The Balaban J connectivity index is 2.49. The fourth-order valence-corrected chi connectivity index (χ4v) is 2.76. The topological polar surface area (TPSA) is 18.5 Å². The molecule has 0 spiro atoms. The van der Waals surface area contributed by atoms with Gasteiger partial charge in [-0.15, -0.1) is 11.8 Å². The Hall–Kier alpha value is -2.84. The van der Waals surface area contributed by atoms with E-state index in [1.54, 1.807) is 14.2 Å². The van der Waals surface area contributed by atoms with E-state index in [0.717, 1.165) is 35.5 Å². The highest BCUT2D eigenvalue weighted by atomic mass is 16.5. The Morgan fingerprint density at radius 2 is 1.00 bits per heavy atom. The van der Waals surface area contributed by atoms with E-state index in [0.29, 0.717) is 0 Å². The highest BCUT2D eigenvalue weighted by Gasteiger charge is 2.22. The second-order valence-electron chi connectivity index (χ2n) is 5.85. The van der Waals surface area contributed by atoms with E-state index in [1.807, 2.05) is 24.3 Å². The van der Waals surface area contributed by atoms with Crippen LogP contribution in [0, 0.1) is 23.7 Å². The second-order valence-corrected chi connectivity index (χ2v) is 5.85. The van der Waals surface area contributed by atoms with Crippen molar-refractivity contribution in [2.24, 2.45) is 0 Å². The Morgan fingerprint density at radius 3 is 1.27 bits per heavy atom. The minimum atomic E-state index is 0.00769. The van der Waals surface area contributed by atoms with Crippen LogP contribution in [0.2, 0.25) is 0 Å². The summed E-state index contributed by atoms with van der Waals surface area (Å²) in [7, 11) is 3.35. The molecule has 2 nitrogen and oxygen atoms in total. The maximum Gasteiger partial charge on any atom is 0.118 e. The third kappa shape index (κ3) is 5.08. The maximum absolute atomic E-state index is 5.29. The summed E-state index contributed by atoms with van der Waals surface area (Å²) in [6, 6.07) is 16.2. The molecule has 0 saturated carbocycles. The maximum atomic E-state index is 5.29. The molecule has 0 aliphatic carbocycles. The van der Waals surface area contributed by atoms with Gasteiger partial charge >= 0.3 is 0 Å². The van der Waals surface area contributed by atoms with Gasteiger partial charge in [-0.1, -0.05) is 50.0 Å². The lowest BCUT2D eigenvalue weighted by atomic mass is 9.82. The minimum absolute atomic E-state index is 0.00769. The third-order valence-corrected chi connectivity index (χ3v) is 4.15. The molecule has 2 heteroatoms. The van der Waals surface area contributed by atoms with Gasteiger partial charge in [-0.25, -0.2) is 0 Å². The SMILES string of the molecule is CCC#C[C@H](c1ccc(OC)cc1)[C@H](C#CCC)c1ccc(OC)cc1. The van der Waals surface area contributed by atoms with Crippen LogP contribution in [0.3, 0.4) is 0 Å². The van der Waals surface area contributed by atoms with Crippen molar-refractivity contribution in [3.8, 4) is 35.2 Å². The van der Waals surface area contributed by atoms with Crippen LogP contribution in [0.5, 0.6) is 11.5 Å². The molecule has 0 unspecified atom stereocenters. The van der Waals surface area contributed by atoms with E-state index in [4.69, 9.17) is 9.47 Å². The van der Waals surface area contributed by atoms with Gasteiger partial charge in [0.05, 0.1) is 26.1 Å². The highest BCUT2D eigenvalue weighted by Crippen LogP contribution is 2.34. The number of ether oxygens (including phenoxy) is 2. The quantitative estimate of drug-likeness (QED) is 0.675. The van der Waals surface area contributed by atoms with Crippen LogP contribution < -0.4 is 9.47 Å². The van der Waals surface area contributed by atoms with Crippen molar-refractivity contribution < 1.29 is 9.47 Å². The Morgan fingerprint density at radius 1 is 0.654 bits per heavy atom. The van der Waals surface area contributed by atoms with Crippen molar-refractivity contribution in [3.63, 3.8) is 0 Å². The molecule has 0 N–H and O–H groups in total. The first-order chi connectivity index (χ1) is 12.7. The first-order valence-electron chi connectivity index (χ1n) is 8.98. The van der Waals surface area contributed by atoms with E-state index in [1.165, 1.54) is 0 Å². The zero-order valence-corrected chi connectivity index (χ0v) is 16.0. The zero-order chi connectivity index (χ0) is 18.8.